The lowest BCUT2D eigenvalue weighted by Gasteiger charge is -2.12. The molecule has 0 fully saturated rings. The first kappa shape index (κ1) is 14.5. The van der Waals surface area contributed by atoms with Gasteiger partial charge in [0.25, 0.3) is 0 Å². The van der Waals surface area contributed by atoms with Crippen LogP contribution in [0.1, 0.15) is 6.92 Å². The van der Waals surface area contributed by atoms with E-state index in [4.69, 9.17) is 10.5 Å². The van der Waals surface area contributed by atoms with Crippen LogP contribution in [-0.2, 0) is 14.3 Å². The molecular formula is C10H11N3O4. The number of esters is 1. The van der Waals surface area contributed by atoms with Crippen molar-refractivity contribution in [2.45, 2.75) is 6.92 Å². The van der Waals surface area contributed by atoms with Gasteiger partial charge in [0.15, 0.2) is 5.57 Å². The summed E-state index contributed by atoms with van der Waals surface area (Å²) in [6.07, 6.45) is 0.0798. The summed E-state index contributed by atoms with van der Waals surface area (Å²) in [5.74, 6) is -0.859. The van der Waals surface area contributed by atoms with Crippen LogP contribution in [0.5, 0.6) is 0 Å². The molecule has 0 aromatic carbocycles. The highest BCUT2D eigenvalue weighted by atomic mass is 16.5. The molecule has 0 saturated carbocycles. The van der Waals surface area contributed by atoms with Crippen molar-refractivity contribution in [1.82, 2.24) is 4.90 Å². The van der Waals surface area contributed by atoms with E-state index in [0.717, 1.165) is 18.2 Å². The zero-order valence-corrected chi connectivity index (χ0v) is 9.47. The van der Waals surface area contributed by atoms with Crippen LogP contribution < -0.4 is 0 Å². The molecule has 0 aliphatic heterocycles. The maximum Gasteiger partial charge on any atom is 0.414 e. The highest BCUT2D eigenvalue weighted by Crippen LogP contribution is 2.02. The van der Waals surface area contributed by atoms with Crippen LogP contribution in [-0.4, -0.2) is 37.2 Å². The third kappa shape index (κ3) is 4.67. The topological polar surface area (TPSA) is 103 Å². The quantitative estimate of drug-likeness (QED) is 0.306. The Morgan fingerprint density at radius 2 is 2.06 bits per heavy atom. The fraction of sp³-hybridized carbons (Fsp3) is 0.400. The van der Waals surface area contributed by atoms with E-state index < -0.39 is 12.1 Å². The summed E-state index contributed by atoms with van der Waals surface area (Å²) in [5.41, 5.74) is -0.382. The molecule has 7 nitrogen and oxygen atoms in total. The van der Waals surface area contributed by atoms with Crippen LogP contribution in [0.25, 0.3) is 0 Å². The first-order valence-corrected chi connectivity index (χ1v) is 4.61. The Morgan fingerprint density at radius 3 is 2.47 bits per heavy atom. The van der Waals surface area contributed by atoms with Crippen molar-refractivity contribution >= 4 is 12.1 Å². The number of nitriles is 2. The zero-order chi connectivity index (χ0) is 13.3. The summed E-state index contributed by atoms with van der Waals surface area (Å²) < 4.78 is 8.98. The molecule has 0 bridgehead atoms. The molecular weight excluding hydrogens is 226 g/mol. The number of rotatable bonds is 4. The van der Waals surface area contributed by atoms with E-state index in [-0.39, 0.29) is 18.7 Å². The molecule has 0 aliphatic rings. The molecule has 1 amide bonds. The Labute approximate surface area is 98.4 Å². The van der Waals surface area contributed by atoms with Crippen LogP contribution >= 0.6 is 0 Å². The van der Waals surface area contributed by atoms with Gasteiger partial charge in [-0.1, -0.05) is 0 Å². The predicted octanol–water partition coefficient (Wildman–Crippen LogP) is 0.549. The van der Waals surface area contributed by atoms with Crippen molar-refractivity contribution in [2.75, 3.05) is 20.3 Å². The van der Waals surface area contributed by atoms with E-state index in [0.29, 0.717) is 0 Å². The summed E-state index contributed by atoms with van der Waals surface area (Å²) in [6, 6.07) is 3.28. The zero-order valence-electron chi connectivity index (χ0n) is 9.47. The van der Waals surface area contributed by atoms with E-state index in [1.54, 1.807) is 19.1 Å². The first-order chi connectivity index (χ1) is 8.10. The van der Waals surface area contributed by atoms with E-state index in [9.17, 15) is 9.59 Å². The van der Waals surface area contributed by atoms with Crippen molar-refractivity contribution in [3.63, 3.8) is 0 Å². The molecule has 0 saturated heterocycles. The predicted molar refractivity (Wildman–Crippen MR) is 55.1 cm³/mol. The third-order valence-electron chi connectivity index (χ3n) is 1.55. The minimum Gasteiger partial charge on any atom is -0.462 e. The molecule has 0 aliphatic carbocycles. The van der Waals surface area contributed by atoms with E-state index in [2.05, 4.69) is 9.47 Å². The van der Waals surface area contributed by atoms with Crippen molar-refractivity contribution in [1.29, 1.82) is 10.5 Å². The van der Waals surface area contributed by atoms with Gasteiger partial charge in [-0.2, -0.15) is 10.5 Å². The molecule has 0 heterocycles. The van der Waals surface area contributed by atoms with Crippen LogP contribution in [0.2, 0.25) is 0 Å². The summed E-state index contributed by atoms with van der Waals surface area (Å²) in [5, 5.41) is 17.2. The van der Waals surface area contributed by atoms with Gasteiger partial charge in [0.1, 0.15) is 12.6 Å². The number of nitrogens with zero attached hydrogens (tertiary/aromatic N) is 3. The number of carbonyl (C=O) groups is 2. The molecule has 17 heavy (non-hydrogen) atoms. The first-order valence-electron chi connectivity index (χ1n) is 4.61. The minimum atomic E-state index is -0.859. The largest absolute Gasteiger partial charge is 0.462 e. The lowest BCUT2D eigenvalue weighted by molar-refractivity contribution is -0.138. The summed E-state index contributed by atoms with van der Waals surface area (Å²) >= 11 is 0. The number of hydrogen-bond donors (Lipinski definition) is 0. The lowest BCUT2D eigenvalue weighted by atomic mass is 10.3. The van der Waals surface area contributed by atoms with Crippen molar-refractivity contribution in [3.05, 3.63) is 11.8 Å². The maximum atomic E-state index is 11.3. The van der Waals surface area contributed by atoms with Gasteiger partial charge in [-0.15, -0.1) is 0 Å². The molecule has 0 unspecified atom stereocenters. The van der Waals surface area contributed by atoms with Gasteiger partial charge in [0, 0.05) is 6.20 Å². The van der Waals surface area contributed by atoms with Gasteiger partial charge < -0.3 is 9.47 Å². The SMILES string of the molecule is CCOC(=O)C(C#N)=CN(CC#N)C(=O)OC. The molecule has 0 aromatic rings. The molecule has 7 heteroatoms. The fourth-order valence-corrected chi connectivity index (χ4v) is 0.848. The standard InChI is InChI=1S/C10H11N3O4/c1-3-17-9(14)8(6-12)7-13(5-4-11)10(15)16-2/h7H,3,5H2,1-2H3. The second kappa shape index (κ2) is 7.71. The summed E-state index contributed by atoms with van der Waals surface area (Å²) in [6.45, 7) is 1.35. The van der Waals surface area contributed by atoms with E-state index in [1.807, 2.05) is 0 Å². The Hall–Kier alpha value is -2.54. The molecule has 0 spiro atoms. The minimum absolute atomic E-state index is 0.105. The number of amides is 1. The number of methoxy groups -OCH3 is 1. The van der Waals surface area contributed by atoms with Crippen LogP contribution in [0, 0.1) is 22.7 Å². The van der Waals surface area contributed by atoms with Gasteiger partial charge in [0.05, 0.1) is 19.8 Å². The molecule has 0 rings (SSSR count). The summed E-state index contributed by atoms with van der Waals surface area (Å²) in [4.78, 5) is 23.2. The average Bonchev–Trinajstić information content (AvgIpc) is 2.33. The van der Waals surface area contributed by atoms with Crippen LogP contribution in [0.15, 0.2) is 11.8 Å². The van der Waals surface area contributed by atoms with Crippen LogP contribution in [0.4, 0.5) is 4.79 Å². The smallest absolute Gasteiger partial charge is 0.414 e. The average molecular weight is 237 g/mol. The van der Waals surface area contributed by atoms with E-state index in [1.165, 1.54) is 0 Å². The Kier molecular flexibility index (Phi) is 6.56. The number of ether oxygens (including phenoxy) is 2. The second-order valence-electron chi connectivity index (χ2n) is 2.63. The van der Waals surface area contributed by atoms with Crippen LogP contribution in [0.3, 0.4) is 0 Å². The maximum absolute atomic E-state index is 11.3. The molecule has 0 atom stereocenters. The van der Waals surface area contributed by atoms with Crippen molar-refractivity contribution in [2.24, 2.45) is 0 Å². The third-order valence-corrected chi connectivity index (χ3v) is 1.55. The monoisotopic (exact) mass is 237 g/mol. The Bertz CT molecular complexity index is 403. The number of carbonyl (C=O) groups excluding carboxylic acids is 2. The molecule has 0 radical (unpaired) electrons. The highest BCUT2D eigenvalue weighted by Gasteiger charge is 2.16. The van der Waals surface area contributed by atoms with Crippen molar-refractivity contribution in [3.8, 4) is 12.1 Å². The van der Waals surface area contributed by atoms with Gasteiger partial charge in [-0.3, -0.25) is 4.90 Å². The lowest BCUT2D eigenvalue weighted by Crippen LogP contribution is -2.27. The van der Waals surface area contributed by atoms with Gasteiger partial charge in [-0.25, -0.2) is 9.59 Å². The Balaban J connectivity index is 5.01. The highest BCUT2D eigenvalue weighted by molar-refractivity contribution is 5.93. The van der Waals surface area contributed by atoms with Crippen molar-refractivity contribution < 1.29 is 19.1 Å². The Morgan fingerprint density at radius 1 is 1.41 bits per heavy atom. The summed E-state index contributed by atoms with van der Waals surface area (Å²) in [7, 11) is 1.12. The van der Waals surface area contributed by atoms with Gasteiger partial charge in [-0.05, 0) is 6.92 Å². The van der Waals surface area contributed by atoms with Gasteiger partial charge in [0.2, 0.25) is 0 Å². The second-order valence-corrected chi connectivity index (χ2v) is 2.63. The van der Waals surface area contributed by atoms with Gasteiger partial charge >= 0.3 is 12.1 Å². The fourth-order valence-electron chi connectivity index (χ4n) is 0.848. The van der Waals surface area contributed by atoms with E-state index >= 15 is 0 Å². The number of hydrogen-bond acceptors (Lipinski definition) is 6. The molecule has 90 valence electrons. The molecule has 0 aromatic heterocycles. The normalized spacial score (nSPS) is 9.76. The molecule has 0 N–H and O–H groups in total.